The predicted octanol–water partition coefficient (Wildman–Crippen LogP) is 3.53. The highest BCUT2D eigenvalue weighted by Crippen LogP contribution is 2.31. The highest BCUT2D eigenvalue weighted by molar-refractivity contribution is 5.97. The zero-order valence-corrected chi connectivity index (χ0v) is 15.2. The lowest BCUT2D eigenvalue weighted by atomic mass is 9.95. The Labute approximate surface area is 155 Å². The van der Waals surface area contributed by atoms with Gasteiger partial charge in [0.25, 0.3) is 5.91 Å². The van der Waals surface area contributed by atoms with Gasteiger partial charge in [0.1, 0.15) is 0 Å². The lowest BCUT2D eigenvalue weighted by Gasteiger charge is -2.35. The highest BCUT2D eigenvalue weighted by Gasteiger charge is 2.37. The van der Waals surface area contributed by atoms with Gasteiger partial charge < -0.3 is 9.88 Å². The largest absolute Gasteiger partial charge is 0.449 e. The maximum atomic E-state index is 13.0. The van der Waals surface area contributed by atoms with E-state index in [0.29, 0.717) is 30.6 Å². The third kappa shape index (κ3) is 3.54. The van der Waals surface area contributed by atoms with Crippen molar-refractivity contribution < 1.29 is 18.0 Å². The Morgan fingerprint density at radius 2 is 2.07 bits per heavy atom. The van der Waals surface area contributed by atoms with E-state index in [0.717, 1.165) is 32.4 Å². The number of rotatable bonds is 3. The molecule has 2 bridgehead atoms. The Bertz CT molecular complexity index is 847. The van der Waals surface area contributed by atoms with Gasteiger partial charge in [0.2, 0.25) is 5.82 Å². The molecule has 2 aromatic rings. The molecule has 4 heterocycles. The maximum absolute atomic E-state index is 13.0. The van der Waals surface area contributed by atoms with Crippen molar-refractivity contribution in [2.75, 3.05) is 26.2 Å². The number of hydrogen-bond acceptors (Lipinski definition) is 3. The van der Waals surface area contributed by atoms with Crippen LogP contribution < -0.4 is 0 Å². The van der Waals surface area contributed by atoms with Gasteiger partial charge in [0.05, 0.1) is 11.0 Å². The van der Waals surface area contributed by atoms with Crippen LogP contribution in [0.25, 0.3) is 11.0 Å². The molecule has 1 aromatic heterocycles. The molecule has 0 aliphatic carbocycles. The number of benzene rings is 1. The molecule has 3 saturated heterocycles. The number of carbonyl (C=O) groups excluding carboxylic acids is 1. The number of hydrogen-bond donors (Lipinski definition) is 1. The topological polar surface area (TPSA) is 52.2 Å². The van der Waals surface area contributed by atoms with E-state index >= 15 is 0 Å². The first-order valence-electron chi connectivity index (χ1n) is 9.45. The molecule has 146 valence electrons. The molecule has 3 fully saturated rings. The minimum Gasteiger partial charge on any atom is -0.337 e. The standard InChI is InChI=1S/C19H23F3N4O/c1-2-7-25-9-12-3-5-14(25)11-26(10-12)17(27)13-4-6-15-16(8-13)24-18(23-15)19(20,21)22/h4,6,8,12,14H,2-3,5,7,9-11H2,1H3,(H,23,24)/t12-,14-/m1/s1. The first-order chi connectivity index (χ1) is 12.8. The molecule has 1 N–H and O–H groups in total. The third-order valence-corrected chi connectivity index (χ3v) is 5.62. The van der Waals surface area contributed by atoms with Gasteiger partial charge in [0, 0.05) is 31.2 Å². The van der Waals surface area contributed by atoms with E-state index in [-0.39, 0.29) is 16.9 Å². The van der Waals surface area contributed by atoms with E-state index in [4.69, 9.17) is 0 Å². The zero-order valence-electron chi connectivity index (χ0n) is 15.2. The van der Waals surface area contributed by atoms with E-state index in [1.807, 2.05) is 4.90 Å². The number of aromatic nitrogens is 2. The molecule has 0 radical (unpaired) electrons. The van der Waals surface area contributed by atoms with Gasteiger partial charge in [-0.3, -0.25) is 9.69 Å². The lowest BCUT2D eigenvalue weighted by Crippen LogP contribution is -2.44. The summed E-state index contributed by atoms with van der Waals surface area (Å²) in [6, 6.07) is 4.91. The normalized spacial score (nSPS) is 23.8. The number of nitrogens with one attached hydrogen (secondary N) is 1. The second-order valence-electron chi connectivity index (χ2n) is 7.62. The van der Waals surface area contributed by atoms with Crippen LogP contribution in [0.4, 0.5) is 13.2 Å². The number of H-pyrrole nitrogens is 1. The van der Waals surface area contributed by atoms with Crippen molar-refractivity contribution in [3.8, 4) is 0 Å². The van der Waals surface area contributed by atoms with E-state index in [2.05, 4.69) is 21.8 Å². The Morgan fingerprint density at radius 3 is 2.81 bits per heavy atom. The smallest absolute Gasteiger partial charge is 0.337 e. The SMILES string of the molecule is CCCN1C[C@H]2CC[C@@H]1CN(C(=O)c1ccc3nc(C(F)(F)F)[nH]c3c1)C2. The zero-order chi connectivity index (χ0) is 19.2. The molecule has 5 nitrogen and oxygen atoms in total. The van der Waals surface area contributed by atoms with E-state index < -0.39 is 12.0 Å². The number of aromatic amines is 1. The summed E-state index contributed by atoms with van der Waals surface area (Å²) in [7, 11) is 0. The van der Waals surface area contributed by atoms with Crippen LogP contribution in [-0.2, 0) is 6.18 Å². The van der Waals surface area contributed by atoms with Crippen LogP contribution in [0.1, 0.15) is 42.4 Å². The number of alkyl halides is 3. The number of nitrogens with zero attached hydrogens (tertiary/aromatic N) is 3. The van der Waals surface area contributed by atoms with Gasteiger partial charge in [-0.25, -0.2) is 4.98 Å². The molecular formula is C19H23F3N4O. The second kappa shape index (κ2) is 6.82. The molecule has 27 heavy (non-hydrogen) atoms. The summed E-state index contributed by atoms with van der Waals surface area (Å²) in [5.41, 5.74) is 0.853. The first-order valence-corrected chi connectivity index (χ1v) is 9.45. The van der Waals surface area contributed by atoms with Gasteiger partial charge in [-0.1, -0.05) is 6.92 Å². The average Bonchev–Trinajstić information content (AvgIpc) is 2.86. The Kier molecular flexibility index (Phi) is 4.61. The number of carbonyl (C=O) groups is 1. The maximum Gasteiger partial charge on any atom is 0.449 e. The Balaban J connectivity index is 1.57. The molecular weight excluding hydrogens is 357 g/mol. The fourth-order valence-electron chi connectivity index (χ4n) is 4.37. The summed E-state index contributed by atoms with van der Waals surface area (Å²) in [5.74, 6) is -0.688. The molecule has 0 spiro atoms. The van der Waals surface area contributed by atoms with Crippen molar-refractivity contribution in [2.45, 2.75) is 38.4 Å². The van der Waals surface area contributed by atoms with Crippen LogP contribution in [0.2, 0.25) is 0 Å². The molecule has 1 amide bonds. The molecule has 3 aliphatic rings. The van der Waals surface area contributed by atoms with E-state index in [1.165, 1.54) is 12.1 Å². The number of fused-ring (bicyclic) bond motifs is 5. The lowest BCUT2D eigenvalue weighted by molar-refractivity contribution is -0.144. The Hall–Kier alpha value is -2.09. The molecule has 0 unspecified atom stereocenters. The van der Waals surface area contributed by atoms with Crippen molar-refractivity contribution in [3.63, 3.8) is 0 Å². The Morgan fingerprint density at radius 1 is 1.26 bits per heavy atom. The van der Waals surface area contributed by atoms with Crippen LogP contribution in [0.15, 0.2) is 18.2 Å². The summed E-state index contributed by atoms with van der Waals surface area (Å²) >= 11 is 0. The summed E-state index contributed by atoms with van der Waals surface area (Å²) < 4.78 is 38.5. The van der Waals surface area contributed by atoms with Gasteiger partial charge in [0.15, 0.2) is 0 Å². The van der Waals surface area contributed by atoms with Crippen LogP contribution in [0.5, 0.6) is 0 Å². The molecule has 0 saturated carbocycles. The monoisotopic (exact) mass is 380 g/mol. The average molecular weight is 380 g/mol. The van der Waals surface area contributed by atoms with Crippen molar-refractivity contribution in [1.82, 2.24) is 19.8 Å². The van der Waals surface area contributed by atoms with E-state index in [1.54, 1.807) is 6.07 Å². The number of piperidine rings is 1. The minimum atomic E-state index is -4.53. The minimum absolute atomic E-state index is 0.115. The number of imidazole rings is 1. The summed E-state index contributed by atoms with van der Waals surface area (Å²) in [6.45, 7) is 5.63. The quantitative estimate of drug-likeness (QED) is 0.886. The summed E-state index contributed by atoms with van der Waals surface area (Å²) in [4.78, 5) is 23.2. The number of amides is 1. The number of halogens is 3. The molecule has 8 heteroatoms. The van der Waals surface area contributed by atoms with Crippen LogP contribution in [0.3, 0.4) is 0 Å². The van der Waals surface area contributed by atoms with Crippen LogP contribution >= 0.6 is 0 Å². The van der Waals surface area contributed by atoms with Crippen molar-refractivity contribution in [2.24, 2.45) is 5.92 Å². The van der Waals surface area contributed by atoms with Crippen molar-refractivity contribution >= 4 is 16.9 Å². The molecule has 2 atom stereocenters. The van der Waals surface area contributed by atoms with Crippen molar-refractivity contribution in [3.05, 3.63) is 29.6 Å². The van der Waals surface area contributed by atoms with Gasteiger partial charge in [-0.05, 0) is 49.9 Å². The first kappa shape index (κ1) is 18.3. The molecule has 1 aromatic carbocycles. The summed E-state index contributed by atoms with van der Waals surface area (Å²) in [5, 5.41) is 0. The fourth-order valence-corrected chi connectivity index (χ4v) is 4.37. The van der Waals surface area contributed by atoms with Gasteiger partial charge in [-0.15, -0.1) is 0 Å². The van der Waals surface area contributed by atoms with Crippen molar-refractivity contribution in [1.29, 1.82) is 0 Å². The molecule has 5 rings (SSSR count). The van der Waals surface area contributed by atoms with E-state index in [9.17, 15) is 18.0 Å². The van der Waals surface area contributed by atoms with Gasteiger partial charge >= 0.3 is 6.18 Å². The van der Waals surface area contributed by atoms with Crippen LogP contribution in [0, 0.1) is 5.92 Å². The predicted molar refractivity (Wildman–Crippen MR) is 95.4 cm³/mol. The third-order valence-electron chi connectivity index (χ3n) is 5.62. The summed E-state index contributed by atoms with van der Waals surface area (Å²) in [6.07, 6.45) is -1.21. The molecule has 3 aliphatic heterocycles. The van der Waals surface area contributed by atoms with Gasteiger partial charge in [-0.2, -0.15) is 13.2 Å². The highest BCUT2D eigenvalue weighted by atomic mass is 19.4. The second-order valence-corrected chi connectivity index (χ2v) is 7.62. The van der Waals surface area contributed by atoms with Crippen LogP contribution in [-0.4, -0.2) is 57.9 Å². The fraction of sp³-hybridized carbons (Fsp3) is 0.579.